The first kappa shape index (κ1) is 11.4. The molecule has 2 atom stereocenters. The van der Waals surface area contributed by atoms with Gasteiger partial charge in [0.1, 0.15) is 0 Å². The number of morpholine rings is 1. The molecule has 1 aliphatic heterocycles. The van der Waals surface area contributed by atoms with E-state index in [1.165, 1.54) is 32.1 Å². The summed E-state index contributed by atoms with van der Waals surface area (Å²) in [5.41, 5.74) is 5.82. The predicted octanol–water partition coefficient (Wildman–Crippen LogP) is 1.23. The van der Waals surface area contributed by atoms with E-state index in [0.29, 0.717) is 0 Å². The summed E-state index contributed by atoms with van der Waals surface area (Å²) in [4.78, 5) is 2.62. The third kappa shape index (κ3) is 3.16. The first-order valence-corrected chi connectivity index (χ1v) is 6.42. The third-order valence-electron chi connectivity index (χ3n) is 3.90. The molecular formula is C12H24N2O. The Morgan fingerprint density at radius 1 is 1.13 bits per heavy atom. The van der Waals surface area contributed by atoms with Crippen molar-refractivity contribution in [1.29, 1.82) is 0 Å². The van der Waals surface area contributed by atoms with Gasteiger partial charge in [0, 0.05) is 19.1 Å². The first-order valence-electron chi connectivity index (χ1n) is 6.42. The summed E-state index contributed by atoms with van der Waals surface area (Å²) < 4.78 is 5.41. The second kappa shape index (κ2) is 5.83. The van der Waals surface area contributed by atoms with E-state index in [1.54, 1.807) is 0 Å². The van der Waals surface area contributed by atoms with Crippen LogP contribution in [0.3, 0.4) is 0 Å². The van der Waals surface area contributed by atoms with Gasteiger partial charge in [-0.25, -0.2) is 0 Å². The molecule has 0 amide bonds. The molecule has 88 valence electrons. The van der Waals surface area contributed by atoms with Gasteiger partial charge in [-0.1, -0.05) is 12.8 Å². The molecule has 0 radical (unpaired) electrons. The van der Waals surface area contributed by atoms with Crippen LogP contribution in [0.15, 0.2) is 0 Å². The van der Waals surface area contributed by atoms with E-state index >= 15 is 0 Å². The van der Waals surface area contributed by atoms with Crippen LogP contribution in [0.4, 0.5) is 0 Å². The van der Waals surface area contributed by atoms with Gasteiger partial charge in [0.05, 0.1) is 13.2 Å². The van der Waals surface area contributed by atoms with Gasteiger partial charge in [0.15, 0.2) is 0 Å². The molecule has 3 heteroatoms. The third-order valence-corrected chi connectivity index (χ3v) is 3.90. The monoisotopic (exact) mass is 212 g/mol. The number of nitrogens with two attached hydrogens (primary N) is 1. The lowest BCUT2D eigenvalue weighted by atomic mass is 9.97. The van der Waals surface area contributed by atoms with Crippen molar-refractivity contribution in [3.63, 3.8) is 0 Å². The zero-order valence-corrected chi connectivity index (χ0v) is 9.66. The molecule has 2 rings (SSSR count). The standard InChI is InChI=1S/C12H24N2O/c13-10-11-3-1-2-4-12(9-11)14-5-7-15-8-6-14/h11-12H,1-10,13H2. The normalized spacial score (nSPS) is 35.0. The molecule has 0 bridgehead atoms. The van der Waals surface area contributed by atoms with E-state index < -0.39 is 0 Å². The Morgan fingerprint density at radius 2 is 1.87 bits per heavy atom. The average Bonchev–Trinajstić information content (AvgIpc) is 2.55. The summed E-state index contributed by atoms with van der Waals surface area (Å²) in [5, 5.41) is 0. The Kier molecular flexibility index (Phi) is 4.42. The Labute approximate surface area is 93.0 Å². The number of hydrogen-bond acceptors (Lipinski definition) is 3. The quantitative estimate of drug-likeness (QED) is 0.700. The van der Waals surface area contributed by atoms with E-state index in [4.69, 9.17) is 10.5 Å². The second-order valence-electron chi connectivity index (χ2n) is 4.92. The summed E-state index contributed by atoms with van der Waals surface area (Å²) in [6.07, 6.45) is 6.80. The predicted molar refractivity (Wildman–Crippen MR) is 61.8 cm³/mol. The van der Waals surface area contributed by atoms with Crippen LogP contribution in [0.5, 0.6) is 0 Å². The highest BCUT2D eigenvalue weighted by molar-refractivity contribution is 4.80. The minimum Gasteiger partial charge on any atom is -0.379 e. The zero-order chi connectivity index (χ0) is 10.5. The summed E-state index contributed by atoms with van der Waals surface area (Å²) in [5.74, 6) is 0.764. The van der Waals surface area contributed by atoms with Gasteiger partial charge in [-0.2, -0.15) is 0 Å². The smallest absolute Gasteiger partial charge is 0.0594 e. The topological polar surface area (TPSA) is 38.5 Å². The van der Waals surface area contributed by atoms with Crippen molar-refractivity contribution in [2.75, 3.05) is 32.8 Å². The fraction of sp³-hybridized carbons (Fsp3) is 1.00. The lowest BCUT2D eigenvalue weighted by Crippen LogP contribution is -2.44. The van der Waals surface area contributed by atoms with Crippen molar-refractivity contribution in [3.05, 3.63) is 0 Å². The highest BCUT2D eigenvalue weighted by atomic mass is 16.5. The Bertz CT molecular complexity index is 180. The van der Waals surface area contributed by atoms with Gasteiger partial charge >= 0.3 is 0 Å². The SMILES string of the molecule is NCC1CCCCC(N2CCOCC2)C1. The van der Waals surface area contributed by atoms with E-state index in [2.05, 4.69) is 4.90 Å². The average molecular weight is 212 g/mol. The molecule has 0 aromatic carbocycles. The lowest BCUT2D eigenvalue weighted by molar-refractivity contribution is 0.0110. The summed E-state index contributed by atoms with van der Waals surface area (Å²) in [6.45, 7) is 4.97. The minimum atomic E-state index is 0.764. The molecule has 2 aliphatic rings. The van der Waals surface area contributed by atoms with Gasteiger partial charge in [-0.3, -0.25) is 4.90 Å². The van der Waals surface area contributed by atoms with Crippen molar-refractivity contribution in [2.45, 2.75) is 38.1 Å². The summed E-state index contributed by atoms with van der Waals surface area (Å²) in [7, 11) is 0. The van der Waals surface area contributed by atoms with Crippen molar-refractivity contribution >= 4 is 0 Å². The first-order chi connectivity index (χ1) is 7.40. The fourth-order valence-electron chi connectivity index (χ4n) is 2.92. The van der Waals surface area contributed by atoms with E-state index in [9.17, 15) is 0 Å². The van der Waals surface area contributed by atoms with Gasteiger partial charge in [0.25, 0.3) is 0 Å². The highest BCUT2D eigenvalue weighted by Crippen LogP contribution is 2.26. The van der Waals surface area contributed by atoms with Crippen LogP contribution >= 0.6 is 0 Å². The molecule has 2 N–H and O–H groups in total. The molecule has 3 nitrogen and oxygen atoms in total. The molecular weight excluding hydrogens is 188 g/mol. The van der Waals surface area contributed by atoms with Gasteiger partial charge in [-0.05, 0) is 31.7 Å². The number of ether oxygens (including phenoxy) is 1. The molecule has 1 heterocycles. The summed E-state index contributed by atoms with van der Waals surface area (Å²) in [6, 6.07) is 0.782. The zero-order valence-electron chi connectivity index (χ0n) is 9.66. The maximum atomic E-state index is 5.82. The number of nitrogens with zero attached hydrogens (tertiary/aromatic N) is 1. The maximum absolute atomic E-state index is 5.82. The Hall–Kier alpha value is -0.120. The van der Waals surface area contributed by atoms with E-state index in [0.717, 1.165) is 44.8 Å². The van der Waals surface area contributed by atoms with E-state index in [1.807, 2.05) is 0 Å². The molecule has 2 unspecified atom stereocenters. The van der Waals surface area contributed by atoms with Gasteiger partial charge in [-0.15, -0.1) is 0 Å². The van der Waals surface area contributed by atoms with Crippen LogP contribution in [0.1, 0.15) is 32.1 Å². The Morgan fingerprint density at radius 3 is 2.60 bits per heavy atom. The van der Waals surface area contributed by atoms with Crippen LogP contribution in [0.2, 0.25) is 0 Å². The number of hydrogen-bond donors (Lipinski definition) is 1. The van der Waals surface area contributed by atoms with E-state index in [-0.39, 0.29) is 0 Å². The van der Waals surface area contributed by atoms with Gasteiger partial charge < -0.3 is 10.5 Å². The second-order valence-corrected chi connectivity index (χ2v) is 4.92. The van der Waals surface area contributed by atoms with Crippen LogP contribution in [-0.4, -0.2) is 43.8 Å². The molecule has 0 aromatic heterocycles. The molecule has 2 fully saturated rings. The number of rotatable bonds is 2. The molecule has 0 aromatic rings. The van der Waals surface area contributed by atoms with Crippen LogP contribution in [0, 0.1) is 5.92 Å². The van der Waals surface area contributed by atoms with Crippen LogP contribution < -0.4 is 5.73 Å². The molecule has 15 heavy (non-hydrogen) atoms. The largest absolute Gasteiger partial charge is 0.379 e. The highest BCUT2D eigenvalue weighted by Gasteiger charge is 2.25. The lowest BCUT2D eigenvalue weighted by Gasteiger charge is -2.35. The molecule has 0 spiro atoms. The van der Waals surface area contributed by atoms with Crippen molar-refractivity contribution in [1.82, 2.24) is 4.90 Å². The fourth-order valence-corrected chi connectivity index (χ4v) is 2.92. The Balaban J connectivity index is 1.87. The van der Waals surface area contributed by atoms with Crippen molar-refractivity contribution in [2.24, 2.45) is 11.7 Å². The van der Waals surface area contributed by atoms with Gasteiger partial charge in [0.2, 0.25) is 0 Å². The van der Waals surface area contributed by atoms with Crippen LogP contribution in [-0.2, 0) is 4.74 Å². The van der Waals surface area contributed by atoms with Crippen molar-refractivity contribution < 1.29 is 4.74 Å². The molecule has 1 saturated heterocycles. The molecule has 1 aliphatic carbocycles. The van der Waals surface area contributed by atoms with Crippen LogP contribution in [0.25, 0.3) is 0 Å². The molecule has 1 saturated carbocycles. The minimum absolute atomic E-state index is 0.764. The maximum Gasteiger partial charge on any atom is 0.0594 e. The van der Waals surface area contributed by atoms with Crippen molar-refractivity contribution in [3.8, 4) is 0 Å². The summed E-state index contributed by atoms with van der Waals surface area (Å²) >= 11 is 0.